The second-order valence-corrected chi connectivity index (χ2v) is 6.94. The Morgan fingerprint density at radius 1 is 1.25 bits per heavy atom. The molecule has 0 aliphatic rings. The van der Waals surface area contributed by atoms with E-state index in [0.717, 1.165) is 22.7 Å². The average Bonchev–Trinajstić information content (AvgIpc) is 2.95. The quantitative estimate of drug-likeness (QED) is 0.824. The standard InChI is InChI=1S/C18H24N2O3S/c1-11(2)8-9-19-17(21)16-12(3)20-18(24-16)13-6-7-14(22-4)15(10-13)23-5/h6-7,10-11H,8-9H2,1-5H3,(H,19,21). The minimum atomic E-state index is -0.0580. The predicted octanol–water partition coefficient (Wildman–Crippen LogP) is 3.91. The van der Waals surface area contributed by atoms with Crippen LogP contribution in [0.25, 0.3) is 10.6 Å². The van der Waals surface area contributed by atoms with Crippen molar-refractivity contribution in [3.8, 4) is 22.1 Å². The van der Waals surface area contributed by atoms with Gasteiger partial charge in [-0.25, -0.2) is 4.98 Å². The lowest BCUT2D eigenvalue weighted by atomic mass is 10.1. The molecule has 0 bridgehead atoms. The lowest BCUT2D eigenvalue weighted by molar-refractivity contribution is 0.0955. The van der Waals surface area contributed by atoms with E-state index in [0.29, 0.717) is 28.8 Å². The van der Waals surface area contributed by atoms with Crippen LogP contribution >= 0.6 is 11.3 Å². The fourth-order valence-electron chi connectivity index (χ4n) is 2.25. The van der Waals surface area contributed by atoms with E-state index in [4.69, 9.17) is 9.47 Å². The molecule has 0 aliphatic carbocycles. The van der Waals surface area contributed by atoms with Crippen LogP contribution in [-0.4, -0.2) is 31.7 Å². The Hall–Kier alpha value is -2.08. The second-order valence-electron chi connectivity index (χ2n) is 5.94. The van der Waals surface area contributed by atoms with Crippen molar-refractivity contribution in [3.63, 3.8) is 0 Å². The van der Waals surface area contributed by atoms with Gasteiger partial charge in [0.2, 0.25) is 0 Å². The molecular formula is C18H24N2O3S. The number of aromatic nitrogens is 1. The summed E-state index contributed by atoms with van der Waals surface area (Å²) in [5.41, 5.74) is 1.65. The third kappa shape index (κ3) is 4.26. The van der Waals surface area contributed by atoms with Gasteiger partial charge >= 0.3 is 0 Å². The maximum Gasteiger partial charge on any atom is 0.263 e. The van der Waals surface area contributed by atoms with Crippen LogP contribution in [0, 0.1) is 12.8 Å². The smallest absolute Gasteiger partial charge is 0.263 e. The second kappa shape index (κ2) is 8.15. The Morgan fingerprint density at radius 2 is 1.96 bits per heavy atom. The van der Waals surface area contributed by atoms with Crippen LogP contribution in [0.15, 0.2) is 18.2 Å². The first kappa shape index (κ1) is 18.3. The Labute approximate surface area is 147 Å². The molecule has 0 saturated carbocycles. The van der Waals surface area contributed by atoms with Crippen LogP contribution in [0.5, 0.6) is 11.5 Å². The summed E-state index contributed by atoms with van der Waals surface area (Å²) >= 11 is 1.39. The predicted molar refractivity (Wildman–Crippen MR) is 97.2 cm³/mol. The average molecular weight is 348 g/mol. The number of ether oxygens (including phenoxy) is 2. The molecule has 2 rings (SSSR count). The van der Waals surface area contributed by atoms with Crippen LogP contribution in [0.2, 0.25) is 0 Å². The van der Waals surface area contributed by atoms with Gasteiger partial charge in [0.05, 0.1) is 19.9 Å². The number of nitrogens with one attached hydrogen (secondary N) is 1. The third-order valence-electron chi connectivity index (χ3n) is 3.64. The van der Waals surface area contributed by atoms with E-state index in [9.17, 15) is 4.79 Å². The molecule has 0 unspecified atom stereocenters. The maximum absolute atomic E-state index is 12.3. The minimum Gasteiger partial charge on any atom is -0.493 e. The van der Waals surface area contributed by atoms with E-state index in [-0.39, 0.29) is 5.91 Å². The number of benzene rings is 1. The summed E-state index contributed by atoms with van der Waals surface area (Å²) in [4.78, 5) is 17.5. The zero-order valence-electron chi connectivity index (χ0n) is 14.8. The zero-order valence-corrected chi connectivity index (χ0v) is 15.6. The third-order valence-corrected chi connectivity index (χ3v) is 4.85. The molecule has 0 radical (unpaired) electrons. The summed E-state index contributed by atoms with van der Waals surface area (Å²) in [6.45, 7) is 6.82. The zero-order chi connectivity index (χ0) is 17.7. The van der Waals surface area contributed by atoms with Gasteiger partial charge in [0.1, 0.15) is 9.88 Å². The first-order chi connectivity index (χ1) is 11.5. The molecule has 0 fully saturated rings. The molecule has 1 N–H and O–H groups in total. The summed E-state index contributed by atoms with van der Waals surface area (Å²) in [7, 11) is 3.20. The molecule has 1 aromatic carbocycles. The van der Waals surface area contributed by atoms with Crippen molar-refractivity contribution >= 4 is 17.2 Å². The van der Waals surface area contributed by atoms with Crippen LogP contribution in [0.3, 0.4) is 0 Å². The van der Waals surface area contributed by atoms with Crippen LogP contribution in [0.4, 0.5) is 0 Å². The molecule has 1 amide bonds. The van der Waals surface area contributed by atoms with Gasteiger partial charge in [-0.05, 0) is 37.5 Å². The van der Waals surface area contributed by atoms with Crippen molar-refractivity contribution in [2.75, 3.05) is 20.8 Å². The fourth-order valence-corrected chi connectivity index (χ4v) is 3.23. The molecule has 130 valence electrons. The fraction of sp³-hybridized carbons (Fsp3) is 0.444. The van der Waals surface area contributed by atoms with Crippen molar-refractivity contribution in [3.05, 3.63) is 28.8 Å². The van der Waals surface area contributed by atoms with Gasteiger partial charge in [-0.15, -0.1) is 11.3 Å². The molecule has 0 spiro atoms. The number of carbonyl (C=O) groups excluding carboxylic acids is 1. The molecule has 0 atom stereocenters. The minimum absolute atomic E-state index is 0.0580. The first-order valence-electron chi connectivity index (χ1n) is 7.94. The molecule has 0 aliphatic heterocycles. The highest BCUT2D eigenvalue weighted by Gasteiger charge is 2.17. The summed E-state index contributed by atoms with van der Waals surface area (Å²) in [6, 6.07) is 5.63. The molecule has 0 saturated heterocycles. The van der Waals surface area contributed by atoms with Crippen molar-refractivity contribution in [1.29, 1.82) is 0 Å². The normalized spacial score (nSPS) is 10.8. The Balaban J connectivity index is 2.20. The SMILES string of the molecule is COc1ccc(-c2nc(C)c(C(=O)NCCC(C)C)s2)cc1OC. The van der Waals surface area contributed by atoms with Gasteiger partial charge in [-0.3, -0.25) is 4.79 Å². The van der Waals surface area contributed by atoms with Crippen LogP contribution in [-0.2, 0) is 0 Å². The number of aryl methyl sites for hydroxylation is 1. The van der Waals surface area contributed by atoms with Crippen LogP contribution in [0.1, 0.15) is 35.6 Å². The number of hydrogen-bond acceptors (Lipinski definition) is 5. The number of methoxy groups -OCH3 is 2. The van der Waals surface area contributed by atoms with Crippen molar-refractivity contribution in [2.45, 2.75) is 27.2 Å². The highest BCUT2D eigenvalue weighted by molar-refractivity contribution is 7.17. The number of hydrogen-bond donors (Lipinski definition) is 1. The Morgan fingerprint density at radius 3 is 2.58 bits per heavy atom. The van der Waals surface area contributed by atoms with Gasteiger partial charge in [-0.1, -0.05) is 13.8 Å². The number of amides is 1. The van der Waals surface area contributed by atoms with E-state index < -0.39 is 0 Å². The number of rotatable bonds is 7. The van der Waals surface area contributed by atoms with Gasteiger partial charge in [0.25, 0.3) is 5.91 Å². The summed E-state index contributed by atoms with van der Waals surface area (Å²) in [6.07, 6.45) is 0.964. The Bertz CT molecular complexity index is 710. The monoisotopic (exact) mass is 348 g/mol. The largest absolute Gasteiger partial charge is 0.493 e. The summed E-state index contributed by atoms with van der Waals surface area (Å²) < 4.78 is 10.6. The van der Waals surface area contributed by atoms with Gasteiger partial charge in [0, 0.05) is 12.1 Å². The molecule has 24 heavy (non-hydrogen) atoms. The Kier molecular flexibility index (Phi) is 6.20. The lowest BCUT2D eigenvalue weighted by Crippen LogP contribution is -2.25. The van der Waals surface area contributed by atoms with Gasteiger partial charge in [0.15, 0.2) is 11.5 Å². The highest BCUT2D eigenvalue weighted by Crippen LogP contribution is 2.34. The molecular weight excluding hydrogens is 324 g/mol. The van der Waals surface area contributed by atoms with E-state index >= 15 is 0 Å². The van der Waals surface area contributed by atoms with Crippen molar-refractivity contribution in [1.82, 2.24) is 10.3 Å². The van der Waals surface area contributed by atoms with E-state index in [1.165, 1.54) is 11.3 Å². The van der Waals surface area contributed by atoms with E-state index in [1.54, 1.807) is 14.2 Å². The number of thiazole rings is 1. The topological polar surface area (TPSA) is 60.5 Å². The molecule has 2 aromatic rings. The molecule has 1 heterocycles. The number of nitrogens with zero attached hydrogens (tertiary/aromatic N) is 1. The van der Waals surface area contributed by atoms with Crippen LogP contribution < -0.4 is 14.8 Å². The maximum atomic E-state index is 12.3. The van der Waals surface area contributed by atoms with Gasteiger partial charge in [-0.2, -0.15) is 0 Å². The molecule has 1 aromatic heterocycles. The molecule has 6 heteroatoms. The molecule has 5 nitrogen and oxygen atoms in total. The summed E-state index contributed by atoms with van der Waals surface area (Å²) in [5, 5.41) is 3.76. The van der Waals surface area contributed by atoms with E-state index in [2.05, 4.69) is 24.1 Å². The van der Waals surface area contributed by atoms with Crippen molar-refractivity contribution < 1.29 is 14.3 Å². The highest BCUT2D eigenvalue weighted by atomic mass is 32.1. The lowest BCUT2D eigenvalue weighted by Gasteiger charge is -2.08. The summed E-state index contributed by atoms with van der Waals surface area (Å²) in [5.74, 6) is 1.82. The van der Waals surface area contributed by atoms with Gasteiger partial charge < -0.3 is 14.8 Å². The van der Waals surface area contributed by atoms with E-state index in [1.807, 2.05) is 25.1 Å². The van der Waals surface area contributed by atoms with Crippen molar-refractivity contribution in [2.24, 2.45) is 5.92 Å². The first-order valence-corrected chi connectivity index (χ1v) is 8.76. The number of carbonyl (C=O) groups is 1.